The lowest BCUT2D eigenvalue weighted by molar-refractivity contribution is 0.0489. The molecule has 0 radical (unpaired) electrons. The van der Waals surface area contributed by atoms with Crippen LogP contribution in [0.5, 0.6) is 0 Å². The van der Waals surface area contributed by atoms with Crippen molar-refractivity contribution in [3.05, 3.63) is 40.3 Å². The van der Waals surface area contributed by atoms with Gasteiger partial charge < -0.3 is 16.0 Å². The summed E-state index contributed by atoms with van der Waals surface area (Å²) in [5, 5.41) is 7.16. The fraction of sp³-hybridized carbons (Fsp3) is 0.421. The molecule has 1 fully saturated rings. The lowest BCUT2D eigenvalue weighted by Gasteiger charge is -2.40. The largest absolute Gasteiger partial charge is 0.365 e. The van der Waals surface area contributed by atoms with E-state index in [1.54, 1.807) is 9.58 Å². The van der Waals surface area contributed by atoms with Crippen LogP contribution in [0.1, 0.15) is 35.8 Å². The molecule has 3 amide bonds. The number of halogens is 3. The van der Waals surface area contributed by atoms with Crippen molar-refractivity contribution in [1.29, 1.82) is 0 Å². The highest BCUT2D eigenvalue weighted by Crippen LogP contribution is 2.36. The van der Waals surface area contributed by atoms with Crippen molar-refractivity contribution in [2.45, 2.75) is 44.6 Å². The van der Waals surface area contributed by atoms with Gasteiger partial charge in [-0.2, -0.15) is 5.10 Å². The summed E-state index contributed by atoms with van der Waals surface area (Å²) < 4.78 is 28.8. The molecule has 1 aliphatic heterocycles. The molecule has 0 unspecified atom stereocenters. The second kappa shape index (κ2) is 6.98. The van der Waals surface area contributed by atoms with E-state index in [9.17, 15) is 18.4 Å². The van der Waals surface area contributed by atoms with Gasteiger partial charge in [-0.1, -0.05) is 11.6 Å². The van der Waals surface area contributed by atoms with Crippen LogP contribution in [0.4, 0.5) is 13.6 Å². The number of fused-ring (bicyclic) bond motifs is 1. The van der Waals surface area contributed by atoms with Gasteiger partial charge >= 0.3 is 6.03 Å². The van der Waals surface area contributed by atoms with Gasteiger partial charge in [-0.3, -0.25) is 9.48 Å². The number of nitrogens with zero attached hydrogens (tertiary/aromatic N) is 3. The molecule has 10 heteroatoms. The van der Waals surface area contributed by atoms with Gasteiger partial charge in [0, 0.05) is 31.0 Å². The van der Waals surface area contributed by atoms with Crippen molar-refractivity contribution >= 4 is 23.5 Å². The summed E-state index contributed by atoms with van der Waals surface area (Å²) in [4.78, 5) is 26.3. The minimum atomic E-state index is -1.23. The van der Waals surface area contributed by atoms with Crippen LogP contribution in [0.15, 0.2) is 18.2 Å². The number of benzene rings is 1. The molecule has 29 heavy (non-hydrogen) atoms. The number of nitrogens with two attached hydrogens (primary N) is 1. The maximum Gasteiger partial charge on any atom is 0.318 e. The number of urea groups is 1. The Morgan fingerprint density at radius 1 is 1.34 bits per heavy atom. The van der Waals surface area contributed by atoms with Crippen LogP contribution in [0.3, 0.4) is 0 Å². The zero-order valence-corrected chi connectivity index (χ0v) is 16.5. The quantitative estimate of drug-likeness (QED) is 0.794. The molecule has 154 valence electrons. The number of rotatable bonds is 3. The van der Waals surface area contributed by atoms with Crippen molar-refractivity contribution < 1.29 is 18.4 Å². The lowest BCUT2D eigenvalue weighted by Crippen LogP contribution is -2.55. The van der Waals surface area contributed by atoms with Gasteiger partial charge in [0.15, 0.2) is 0 Å². The third-order valence-electron chi connectivity index (χ3n) is 5.38. The van der Waals surface area contributed by atoms with E-state index in [2.05, 4.69) is 10.4 Å². The van der Waals surface area contributed by atoms with Crippen LogP contribution in [-0.4, -0.2) is 44.9 Å². The normalized spacial score (nSPS) is 23.3. The first-order chi connectivity index (χ1) is 13.6. The molecule has 1 saturated carbocycles. The molecule has 2 heterocycles. The van der Waals surface area contributed by atoms with Crippen molar-refractivity contribution in [1.82, 2.24) is 20.0 Å². The predicted octanol–water partition coefficient (Wildman–Crippen LogP) is 2.86. The highest BCUT2D eigenvalue weighted by Gasteiger charge is 2.42. The Balaban J connectivity index is 1.59. The summed E-state index contributed by atoms with van der Waals surface area (Å²) in [6, 6.07) is 3.53. The van der Waals surface area contributed by atoms with E-state index in [1.807, 2.05) is 0 Å². The average molecular weight is 424 g/mol. The molecule has 1 aromatic heterocycles. The molecule has 1 aromatic carbocycles. The minimum absolute atomic E-state index is 0.0924. The van der Waals surface area contributed by atoms with Gasteiger partial charge in [-0.15, -0.1) is 0 Å². The van der Waals surface area contributed by atoms with E-state index in [1.165, 1.54) is 25.1 Å². The first-order valence-electron chi connectivity index (χ1n) is 9.24. The summed E-state index contributed by atoms with van der Waals surface area (Å²) >= 11 is 5.86. The summed E-state index contributed by atoms with van der Waals surface area (Å²) in [5.41, 5.74) is 5.78. The number of hydrogen-bond donors (Lipinski definition) is 2. The Kier molecular flexibility index (Phi) is 4.72. The molecule has 0 atom stereocenters. The van der Waals surface area contributed by atoms with Crippen LogP contribution < -0.4 is 11.1 Å². The van der Waals surface area contributed by atoms with Crippen molar-refractivity contribution in [2.75, 3.05) is 6.54 Å². The van der Waals surface area contributed by atoms with Crippen LogP contribution in [-0.2, 0) is 13.1 Å². The van der Waals surface area contributed by atoms with Gasteiger partial charge in [0.1, 0.15) is 17.2 Å². The summed E-state index contributed by atoms with van der Waals surface area (Å²) in [5.74, 6) is -1.28. The zero-order chi connectivity index (χ0) is 20.9. The Hall–Kier alpha value is -2.68. The molecular formula is C19H20ClF2N5O2. The third kappa shape index (κ3) is 3.66. The topological polar surface area (TPSA) is 93.2 Å². The van der Waals surface area contributed by atoms with Gasteiger partial charge in [0.25, 0.3) is 5.91 Å². The predicted molar refractivity (Wildman–Crippen MR) is 103 cm³/mol. The monoisotopic (exact) mass is 423 g/mol. The molecule has 7 nitrogen and oxygen atoms in total. The summed E-state index contributed by atoms with van der Waals surface area (Å²) in [6.45, 7) is 2.38. The van der Waals surface area contributed by atoms with Crippen molar-refractivity contribution in [3.8, 4) is 11.3 Å². The Labute approximate surface area is 170 Å². The standard InChI is InChI=1S/C19H20ClF2N5O2/c1-19(22)7-11(8-19)24-18(29)26-4-5-27-14(9-26)15(17(23)28)16(25-27)10-2-3-13(21)12(20)6-10/h2-3,6,11H,4-5,7-9H2,1H3,(H2,23,28)(H,24,29). The van der Waals surface area contributed by atoms with E-state index in [0.29, 0.717) is 30.0 Å². The van der Waals surface area contributed by atoms with Gasteiger partial charge in [0.05, 0.1) is 29.4 Å². The number of hydrogen-bond acceptors (Lipinski definition) is 3. The van der Waals surface area contributed by atoms with Crippen LogP contribution in [0.25, 0.3) is 11.3 Å². The molecule has 2 aromatic rings. The Morgan fingerprint density at radius 2 is 2.07 bits per heavy atom. The highest BCUT2D eigenvalue weighted by molar-refractivity contribution is 6.31. The maximum atomic E-state index is 13.6. The minimum Gasteiger partial charge on any atom is -0.365 e. The smallest absolute Gasteiger partial charge is 0.318 e. The Bertz CT molecular complexity index is 999. The third-order valence-corrected chi connectivity index (χ3v) is 5.67. The molecule has 4 rings (SSSR count). The van der Waals surface area contributed by atoms with Gasteiger partial charge in [-0.05, 0) is 25.1 Å². The van der Waals surface area contributed by atoms with Crippen LogP contribution in [0.2, 0.25) is 5.02 Å². The lowest BCUT2D eigenvalue weighted by atomic mass is 9.79. The van der Waals surface area contributed by atoms with Crippen LogP contribution in [0, 0.1) is 5.82 Å². The second-order valence-corrected chi connectivity index (χ2v) is 8.18. The van der Waals surface area contributed by atoms with Crippen LogP contribution >= 0.6 is 11.6 Å². The first-order valence-corrected chi connectivity index (χ1v) is 9.62. The number of primary amides is 1. The number of nitrogens with one attached hydrogen (secondary N) is 1. The van der Waals surface area contributed by atoms with Gasteiger partial charge in [-0.25, -0.2) is 13.6 Å². The fourth-order valence-electron chi connectivity index (χ4n) is 3.93. The average Bonchev–Trinajstić information content (AvgIpc) is 3.01. The SMILES string of the molecule is CC1(F)CC(NC(=O)N2CCn3nc(-c4ccc(F)c(Cl)c4)c(C(N)=O)c3C2)C1. The number of aromatic nitrogens is 2. The molecule has 2 aliphatic rings. The summed E-state index contributed by atoms with van der Waals surface area (Å²) in [6.07, 6.45) is 0.568. The molecule has 0 saturated heterocycles. The van der Waals surface area contributed by atoms with Gasteiger partial charge in [0.2, 0.25) is 0 Å². The number of carbonyl (C=O) groups is 2. The van der Waals surface area contributed by atoms with E-state index >= 15 is 0 Å². The first kappa shape index (κ1) is 19.6. The molecule has 3 N–H and O–H groups in total. The number of amides is 3. The van der Waals surface area contributed by atoms with E-state index in [-0.39, 0.29) is 42.0 Å². The summed E-state index contributed by atoms with van der Waals surface area (Å²) in [7, 11) is 0. The van der Waals surface area contributed by atoms with E-state index < -0.39 is 17.4 Å². The molecule has 1 aliphatic carbocycles. The molecule has 0 bridgehead atoms. The molecule has 0 spiro atoms. The number of alkyl halides is 1. The van der Waals surface area contributed by atoms with E-state index in [4.69, 9.17) is 17.3 Å². The fourth-order valence-corrected chi connectivity index (χ4v) is 4.11. The molecular weight excluding hydrogens is 404 g/mol. The Morgan fingerprint density at radius 3 is 2.69 bits per heavy atom. The highest BCUT2D eigenvalue weighted by atomic mass is 35.5. The van der Waals surface area contributed by atoms with Crippen molar-refractivity contribution in [2.24, 2.45) is 5.73 Å². The number of carbonyl (C=O) groups excluding carboxylic acids is 2. The maximum absolute atomic E-state index is 13.6. The van der Waals surface area contributed by atoms with E-state index in [0.717, 1.165) is 0 Å². The second-order valence-electron chi connectivity index (χ2n) is 7.78. The van der Waals surface area contributed by atoms with Crippen molar-refractivity contribution in [3.63, 3.8) is 0 Å². The zero-order valence-electron chi connectivity index (χ0n) is 15.7.